The monoisotopic (exact) mass is 196 g/mol. The maximum absolute atomic E-state index is 11.6. The summed E-state index contributed by atoms with van der Waals surface area (Å²) in [5, 5.41) is 0. The molecule has 0 bridgehead atoms. The van der Waals surface area contributed by atoms with Crippen LogP contribution in [0.25, 0.3) is 0 Å². The van der Waals surface area contributed by atoms with Gasteiger partial charge in [0, 0.05) is 5.92 Å². The van der Waals surface area contributed by atoms with Crippen LogP contribution >= 0.6 is 0 Å². The molecule has 0 saturated heterocycles. The van der Waals surface area contributed by atoms with Crippen molar-refractivity contribution in [2.45, 2.75) is 25.4 Å². The van der Waals surface area contributed by atoms with Gasteiger partial charge in [0.1, 0.15) is 13.2 Å². The third-order valence-corrected chi connectivity index (χ3v) is 2.07. The number of halogens is 3. The van der Waals surface area contributed by atoms with Crippen LogP contribution in [0.4, 0.5) is 13.2 Å². The molecule has 0 radical (unpaired) electrons. The van der Waals surface area contributed by atoms with Crippen LogP contribution in [0.3, 0.4) is 0 Å². The highest BCUT2D eigenvalue weighted by atomic mass is 19.4. The summed E-state index contributed by atoms with van der Waals surface area (Å²) in [6.07, 6.45) is -1.74. The highest BCUT2D eigenvalue weighted by Gasteiger charge is 2.29. The Labute approximate surface area is 74.1 Å². The lowest BCUT2D eigenvalue weighted by molar-refractivity contribution is -0.176. The van der Waals surface area contributed by atoms with Crippen molar-refractivity contribution in [3.8, 4) is 0 Å². The Balaban J connectivity index is 2.08. The minimum Gasteiger partial charge on any atom is -0.364 e. The summed E-state index contributed by atoms with van der Waals surface area (Å²) in [5.74, 6) is -0.247. The molecule has 2 nitrogen and oxygen atoms in total. The number of hydrogen-bond acceptors (Lipinski definition) is 2. The van der Waals surface area contributed by atoms with E-state index in [-0.39, 0.29) is 11.7 Å². The zero-order valence-electron chi connectivity index (χ0n) is 7.06. The lowest BCUT2D eigenvalue weighted by Gasteiger charge is -2.23. The Hall–Kier alpha value is -0.580. The molecule has 0 amide bonds. The van der Waals surface area contributed by atoms with E-state index in [9.17, 15) is 18.0 Å². The summed E-state index contributed by atoms with van der Waals surface area (Å²) in [7, 11) is 0. The minimum absolute atomic E-state index is 0.0479. The molecule has 0 N–H and O–H groups in total. The predicted octanol–water partition coefficient (Wildman–Crippen LogP) is 1.93. The average Bonchev–Trinajstić information content (AvgIpc) is 1.79. The first-order chi connectivity index (χ1) is 5.99. The molecule has 0 unspecified atom stereocenters. The molecule has 0 aliphatic heterocycles. The van der Waals surface area contributed by atoms with Crippen molar-refractivity contribution in [2.24, 2.45) is 5.92 Å². The largest absolute Gasteiger partial charge is 0.411 e. The van der Waals surface area contributed by atoms with E-state index in [1.54, 1.807) is 0 Å². The number of Topliss-reactive ketones (excluding diaryl/α,β-unsaturated/α-hetero) is 1. The zero-order chi connectivity index (χ0) is 9.90. The summed E-state index contributed by atoms with van der Waals surface area (Å²) in [6, 6.07) is 0. The van der Waals surface area contributed by atoms with E-state index in [0.29, 0.717) is 0 Å². The SMILES string of the molecule is O=C(COCC(F)(F)F)C1CCC1. The van der Waals surface area contributed by atoms with Gasteiger partial charge < -0.3 is 4.74 Å². The fraction of sp³-hybridized carbons (Fsp3) is 0.875. The van der Waals surface area contributed by atoms with Crippen molar-refractivity contribution >= 4 is 5.78 Å². The first-order valence-corrected chi connectivity index (χ1v) is 4.16. The quantitative estimate of drug-likeness (QED) is 0.686. The Morgan fingerprint density at radius 2 is 2.00 bits per heavy atom. The molecule has 1 saturated carbocycles. The molecule has 13 heavy (non-hydrogen) atoms. The van der Waals surface area contributed by atoms with Crippen LogP contribution in [-0.2, 0) is 9.53 Å². The fourth-order valence-electron chi connectivity index (χ4n) is 1.12. The molecule has 1 fully saturated rings. The van der Waals surface area contributed by atoms with E-state index in [4.69, 9.17) is 0 Å². The molecule has 0 atom stereocenters. The number of rotatable bonds is 4. The highest BCUT2D eigenvalue weighted by molar-refractivity contribution is 5.82. The molecule has 76 valence electrons. The van der Waals surface area contributed by atoms with E-state index >= 15 is 0 Å². The van der Waals surface area contributed by atoms with Gasteiger partial charge in [0.25, 0.3) is 0 Å². The van der Waals surface area contributed by atoms with Crippen molar-refractivity contribution in [1.82, 2.24) is 0 Å². The van der Waals surface area contributed by atoms with Crippen LogP contribution in [0.15, 0.2) is 0 Å². The van der Waals surface area contributed by atoms with Gasteiger partial charge in [-0.15, -0.1) is 0 Å². The minimum atomic E-state index is -4.33. The Bertz CT molecular complexity index is 184. The molecular formula is C8H11F3O2. The van der Waals surface area contributed by atoms with Crippen LogP contribution in [0.2, 0.25) is 0 Å². The number of hydrogen-bond donors (Lipinski definition) is 0. The number of carbonyl (C=O) groups excluding carboxylic acids is 1. The topological polar surface area (TPSA) is 26.3 Å². The Kier molecular flexibility index (Phi) is 3.30. The second kappa shape index (κ2) is 4.09. The molecule has 1 rings (SSSR count). The second-order valence-corrected chi connectivity index (χ2v) is 3.20. The smallest absolute Gasteiger partial charge is 0.364 e. The molecule has 0 aromatic rings. The molecule has 0 heterocycles. The summed E-state index contributed by atoms with van der Waals surface area (Å²) < 4.78 is 38.9. The van der Waals surface area contributed by atoms with Gasteiger partial charge in [-0.2, -0.15) is 13.2 Å². The number of ketones is 1. The number of alkyl halides is 3. The van der Waals surface area contributed by atoms with E-state index in [2.05, 4.69) is 4.74 Å². The van der Waals surface area contributed by atoms with E-state index in [1.807, 2.05) is 0 Å². The lowest BCUT2D eigenvalue weighted by atomic mass is 9.82. The van der Waals surface area contributed by atoms with Gasteiger partial charge in [-0.1, -0.05) is 6.42 Å². The molecule has 5 heteroatoms. The van der Waals surface area contributed by atoms with Crippen LogP contribution < -0.4 is 0 Å². The van der Waals surface area contributed by atoms with Gasteiger partial charge in [-0.3, -0.25) is 4.79 Å². The Morgan fingerprint density at radius 3 is 2.38 bits per heavy atom. The third-order valence-electron chi connectivity index (χ3n) is 2.07. The van der Waals surface area contributed by atoms with Gasteiger partial charge in [0.2, 0.25) is 0 Å². The number of carbonyl (C=O) groups is 1. The van der Waals surface area contributed by atoms with Crippen molar-refractivity contribution in [3.05, 3.63) is 0 Å². The van der Waals surface area contributed by atoms with Crippen LogP contribution in [0.5, 0.6) is 0 Å². The highest BCUT2D eigenvalue weighted by Crippen LogP contribution is 2.27. The van der Waals surface area contributed by atoms with Crippen molar-refractivity contribution in [2.75, 3.05) is 13.2 Å². The average molecular weight is 196 g/mol. The number of ether oxygens (including phenoxy) is 1. The molecule has 1 aliphatic rings. The first-order valence-electron chi connectivity index (χ1n) is 4.16. The maximum Gasteiger partial charge on any atom is 0.411 e. The summed E-state index contributed by atoms with van der Waals surface area (Å²) in [5.41, 5.74) is 0. The first kappa shape index (κ1) is 10.5. The van der Waals surface area contributed by atoms with Crippen molar-refractivity contribution in [1.29, 1.82) is 0 Å². The molecule has 0 spiro atoms. The third kappa shape index (κ3) is 3.76. The Morgan fingerprint density at radius 1 is 1.38 bits per heavy atom. The van der Waals surface area contributed by atoms with E-state index < -0.39 is 19.4 Å². The van der Waals surface area contributed by atoms with Gasteiger partial charge in [-0.25, -0.2) is 0 Å². The lowest BCUT2D eigenvalue weighted by Crippen LogP contribution is -2.28. The standard InChI is InChI=1S/C8H11F3O2/c9-8(10,11)5-13-4-7(12)6-2-1-3-6/h6H,1-5H2. The van der Waals surface area contributed by atoms with Gasteiger partial charge in [-0.05, 0) is 12.8 Å². The maximum atomic E-state index is 11.6. The van der Waals surface area contributed by atoms with Crippen LogP contribution in [0.1, 0.15) is 19.3 Å². The van der Waals surface area contributed by atoms with Crippen LogP contribution in [0, 0.1) is 5.92 Å². The summed E-state index contributed by atoms with van der Waals surface area (Å²) in [4.78, 5) is 11.0. The van der Waals surface area contributed by atoms with Crippen molar-refractivity contribution < 1.29 is 22.7 Å². The summed E-state index contributed by atoms with van der Waals surface area (Å²) >= 11 is 0. The molecule has 0 aromatic carbocycles. The molecule has 0 aromatic heterocycles. The van der Waals surface area contributed by atoms with Gasteiger partial charge >= 0.3 is 6.18 Å². The van der Waals surface area contributed by atoms with Gasteiger partial charge in [0.05, 0.1) is 0 Å². The van der Waals surface area contributed by atoms with Crippen LogP contribution in [-0.4, -0.2) is 25.2 Å². The fourth-order valence-corrected chi connectivity index (χ4v) is 1.12. The van der Waals surface area contributed by atoms with E-state index in [0.717, 1.165) is 19.3 Å². The zero-order valence-corrected chi connectivity index (χ0v) is 7.06. The summed E-state index contributed by atoms with van der Waals surface area (Å²) in [6.45, 7) is -1.73. The second-order valence-electron chi connectivity index (χ2n) is 3.20. The van der Waals surface area contributed by atoms with E-state index in [1.165, 1.54) is 0 Å². The molecular weight excluding hydrogens is 185 g/mol. The van der Waals surface area contributed by atoms with Crippen molar-refractivity contribution in [3.63, 3.8) is 0 Å². The predicted molar refractivity (Wildman–Crippen MR) is 39.2 cm³/mol. The van der Waals surface area contributed by atoms with Gasteiger partial charge in [0.15, 0.2) is 5.78 Å². The normalized spacial score (nSPS) is 18.4. The molecule has 1 aliphatic carbocycles.